The van der Waals surface area contributed by atoms with E-state index in [4.69, 9.17) is 5.11 Å². The van der Waals surface area contributed by atoms with Gasteiger partial charge in [0, 0.05) is 38.2 Å². The number of hydrogen-bond acceptors (Lipinski definition) is 5. The van der Waals surface area contributed by atoms with Crippen molar-refractivity contribution in [1.82, 2.24) is 24.6 Å². The van der Waals surface area contributed by atoms with E-state index in [1.54, 1.807) is 16.7 Å². The van der Waals surface area contributed by atoms with E-state index in [9.17, 15) is 9.59 Å². The van der Waals surface area contributed by atoms with E-state index in [0.717, 1.165) is 5.69 Å². The zero-order valence-electron chi connectivity index (χ0n) is 11.3. The van der Waals surface area contributed by atoms with Gasteiger partial charge >= 0.3 is 5.97 Å². The lowest BCUT2D eigenvalue weighted by atomic mass is 10.1. The van der Waals surface area contributed by atoms with E-state index >= 15 is 0 Å². The Hall–Kier alpha value is -2.48. The van der Waals surface area contributed by atoms with Crippen molar-refractivity contribution >= 4 is 17.7 Å². The molecule has 0 spiro atoms. The Morgan fingerprint density at radius 1 is 1.52 bits per heavy atom. The van der Waals surface area contributed by atoms with Crippen LogP contribution in [0.15, 0.2) is 24.7 Å². The van der Waals surface area contributed by atoms with Gasteiger partial charge in [-0.3, -0.25) is 18.9 Å². The number of fused-ring (bicyclic) bond motifs is 1. The van der Waals surface area contributed by atoms with Gasteiger partial charge in [-0.1, -0.05) is 0 Å². The zero-order valence-corrected chi connectivity index (χ0v) is 11.3. The van der Waals surface area contributed by atoms with Crippen LogP contribution in [0.5, 0.6) is 0 Å². The summed E-state index contributed by atoms with van der Waals surface area (Å²) in [5.74, 6) is -0.645. The second-order valence-corrected chi connectivity index (χ2v) is 4.93. The quantitative estimate of drug-likeness (QED) is 0.787. The van der Waals surface area contributed by atoms with Gasteiger partial charge in [-0.15, -0.1) is 0 Å². The number of hydrogen-bond donors (Lipinski definition) is 2. The fourth-order valence-corrected chi connectivity index (χ4v) is 2.50. The fraction of sp³-hybridized carbons (Fsp3) is 0.385. The van der Waals surface area contributed by atoms with E-state index < -0.39 is 12.0 Å². The van der Waals surface area contributed by atoms with Gasteiger partial charge in [0.05, 0.1) is 12.1 Å². The highest BCUT2D eigenvalue weighted by Crippen LogP contribution is 2.13. The molecule has 0 aliphatic carbocycles. The van der Waals surface area contributed by atoms with E-state index in [2.05, 4.69) is 15.3 Å². The average Bonchev–Trinajstić information content (AvgIpc) is 2.84. The first-order chi connectivity index (χ1) is 10.1. The standard InChI is InChI=1S/C13H15N5O3/c19-11(20)6-10-12(21)14-3-5-17(10)7-9-8-18-4-1-2-15-13(18)16-9/h1-2,4,8,10H,3,5-7H2,(H,14,21)(H,19,20). The molecule has 2 aromatic heterocycles. The molecule has 2 N–H and O–H groups in total. The van der Waals surface area contributed by atoms with Gasteiger partial charge in [-0.2, -0.15) is 0 Å². The maximum Gasteiger partial charge on any atom is 0.305 e. The number of nitrogens with one attached hydrogen (secondary N) is 1. The molecule has 1 fully saturated rings. The predicted octanol–water partition coefficient (Wildman–Crippen LogP) is -0.496. The number of carboxylic acids is 1. The van der Waals surface area contributed by atoms with E-state index in [0.29, 0.717) is 25.4 Å². The summed E-state index contributed by atoms with van der Waals surface area (Å²) in [6.07, 6.45) is 5.13. The molecule has 3 heterocycles. The first kappa shape index (κ1) is 13.5. The van der Waals surface area contributed by atoms with Crippen molar-refractivity contribution in [3.8, 4) is 0 Å². The Morgan fingerprint density at radius 3 is 3.14 bits per heavy atom. The molecule has 3 rings (SSSR count). The number of amides is 1. The highest BCUT2D eigenvalue weighted by Gasteiger charge is 2.31. The van der Waals surface area contributed by atoms with Gasteiger partial charge in [-0.25, -0.2) is 9.97 Å². The normalized spacial score (nSPS) is 19.6. The summed E-state index contributed by atoms with van der Waals surface area (Å²) in [4.78, 5) is 33.1. The molecule has 0 bridgehead atoms. The van der Waals surface area contributed by atoms with Crippen molar-refractivity contribution in [3.63, 3.8) is 0 Å². The number of piperazine rings is 1. The molecular weight excluding hydrogens is 274 g/mol. The molecule has 1 saturated heterocycles. The summed E-state index contributed by atoms with van der Waals surface area (Å²) >= 11 is 0. The summed E-state index contributed by atoms with van der Waals surface area (Å²) in [6, 6.07) is 1.15. The smallest absolute Gasteiger partial charge is 0.305 e. The highest BCUT2D eigenvalue weighted by atomic mass is 16.4. The van der Waals surface area contributed by atoms with Gasteiger partial charge in [0.1, 0.15) is 6.04 Å². The number of aromatic nitrogens is 3. The fourth-order valence-electron chi connectivity index (χ4n) is 2.50. The van der Waals surface area contributed by atoms with Crippen molar-refractivity contribution in [3.05, 3.63) is 30.4 Å². The first-order valence-electron chi connectivity index (χ1n) is 6.65. The van der Waals surface area contributed by atoms with Crippen molar-refractivity contribution in [2.45, 2.75) is 19.0 Å². The lowest BCUT2D eigenvalue weighted by Gasteiger charge is -2.33. The molecule has 8 heteroatoms. The number of carbonyl (C=O) groups is 2. The number of carbonyl (C=O) groups excluding carboxylic acids is 1. The van der Waals surface area contributed by atoms with Crippen LogP contribution in [0.25, 0.3) is 5.78 Å². The second kappa shape index (κ2) is 5.49. The maximum atomic E-state index is 11.8. The highest BCUT2D eigenvalue weighted by molar-refractivity contribution is 5.86. The van der Waals surface area contributed by atoms with Crippen LogP contribution in [0.3, 0.4) is 0 Å². The first-order valence-corrected chi connectivity index (χ1v) is 6.65. The van der Waals surface area contributed by atoms with Crippen LogP contribution in [-0.4, -0.2) is 55.4 Å². The summed E-state index contributed by atoms with van der Waals surface area (Å²) in [7, 11) is 0. The monoisotopic (exact) mass is 289 g/mol. The summed E-state index contributed by atoms with van der Waals surface area (Å²) < 4.78 is 1.80. The Morgan fingerprint density at radius 2 is 2.38 bits per heavy atom. The molecule has 0 aromatic carbocycles. The third-order valence-electron chi connectivity index (χ3n) is 3.46. The van der Waals surface area contributed by atoms with Crippen LogP contribution in [0.1, 0.15) is 12.1 Å². The number of carboxylic acid groups (broad SMARTS) is 1. The van der Waals surface area contributed by atoms with Crippen molar-refractivity contribution in [1.29, 1.82) is 0 Å². The van der Waals surface area contributed by atoms with Crippen LogP contribution in [0, 0.1) is 0 Å². The average molecular weight is 289 g/mol. The second-order valence-electron chi connectivity index (χ2n) is 4.93. The van der Waals surface area contributed by atoms with Crippen molar-refractivity contribution in [2.75, 3.05) is 13.1 Å². The third kappa shape index (κ3) is 2.84. The van der Waals surface area contributed by atoms with Crippen LogP contribution in [0.4, 0.5) is 0 Å². The number of rotatable bonds is 4. The zero-order chi connectivity index (χ0) is 14.8. The van der Waals surface area contributed by atoms with Crippen LogP contribution < -0.4 is 5.32 Å². The lowest BCUT2D eigenvalue weighted by Crippen LogP contribution is -2.55. The minimum atomic E-state index is -0.987. The number of aliphatic carboxylic acids is 1. The Labute approximate surface area is 120 Å². The van der Waals surface area contributed by atoms with Gasteiger partial charge in [0.2, 0.25) is 11.7 Å². The Kier molecular flexibility index (Phi) is 3.53. The van der Waals surface area contributed by atoms with Gasteiger partial charge in [-0.05, 0) is 6.07 Å². The molecule has 1 amide bonds. The van der Waals surface area contributed by atoms with Crippen LogP contribution >= 0.6 is 0 Å². The molecule has 1 atom stereocenters. The minimum absolute atomic E-state index is 0.211. The van der Waals surface area contributed by atoms with Crippen molar-refractivity contribution < 1.29 is 14.7 Å². The van der Waals surface area contributed by atoms with E-state index in [1.165, 1.54) is 0 Å². The molecule has 110 valence electrons. The SMILES string of the molecule is O=C(O)CC1C(=O)NCCN1Cc1cn2cccnc2n1. The molecule has 1 unspecified atom stereocenters. The van der Waals surface area contributed by atoms with Crippen LogP contribution in [-0.2, 0) is 16.1 Å². The minimum Gasteiger partial charge on any atom is -0.481 e. The van der Waals surface area contributed by atoms with Crippen molar-refractivity contribution in [2.24, 2.45) is 0 Å². The molecular formula is C13H15N5O3. The topological polar surface area (TPSA) is 99.8 Å². The van der Waals surface area contributed by atoms with Gasteiger partial charge < -0.3 is 10.4 Å². The number of imidazole rings is 1. The Balaban J connectivity index is 1.80. The molecule has 1 aliphatic heterocycles. The van der Waals surface area contributed by atoms with Crippen LogP contribution in [0.2, 0.25) is 0 Å². The molecule has 0 saturated carbocycles. The summed E-state index contributed by atoms with van der Waals surface area (Å²) in [6.45, 7) is 1.54. The molecule has 0 radical (unpaired) electrons. The predicted molar refractivity (Wildman–Crippen MR) is 72.4 cm³/mol. The molecule has 1 aliphatic rings. The van der Waals surface area contributed by atoms with E-state index in [-0.39, 0.29) is 12.3 Å². The van der Waals surface area contributed by atoms with Gasteiger partial charge in [0.15, 0.2) is 0 Å². The summed E-state index contributed by atoms with van der Waals surface area (Å²) in [5, 5.41) is 11.6. The summed E-state index contributed by atoms with van der Waals surface area (Å²) in [5.41, 5.74) is 0.763. The van der Waals surface area contributed by atoms with E-state index in [1.807, 2.05) is 17.3 Å². The largest absolute Gasteiger partial charge is 0.481 e. The molecule has 8 nitrogen and oxygen atoms in total. The third-order valence-corrected chi connectivity index (χ3v) is 3.46. The maximum absolute atomic E-state index is 11.8. The Bertz CT molecular complexity index is 650. The molecule has 2 aromatic rings. The molecule has 21 heavy (non-hydrogen) atoms. The van der Waals surface area contributed by atoms with Gasteiger partial charge in [0.25, 0.3) is 0 Å². The lowest BCUT2D eigenvalue weighted by molar-refractivity contribution is -0.143. The number of nitrogens with zero attached hydrogens (tertiary/aromatic N) is 4.